The Morgan fingerprint density at radius 3 is 2.08 bits per heavy atom. The number of anilines is 1. The highest BCUT2D eigenvalue weighted by atomic mass is 35.5. The molecule has 0 fully saturated rings. The van der Waals surface area contributed by atoms with E-state index in [-0.39, 0.29) is 17.3 Å². The minimum Gasteiger partial charge on any atom is -0.350 e. The Bertz CT molecular complexity index is 1390. The third-order valence-electron chi connectivity index (χ3n) is 6.21. The predicted molar refractivity (Wildman–Crippen MR) is 156 cm³/mol. The average Bonchev–Trinajstić information content (AvgIpc) is 2.88. The molecule has 0 heterocycles. The van der Waals surface area contributed by atoms with E-state index < -0.39 is 34.1 Å². The van der Waals surface area contributed by atoms with Crippen LogP contribution in [0.5, 0.6) is 0 Å². The SMILES string of the molecule is CC[C@H](C(=O)NC(C)(C)C)N(Cc1ccccc1C)C(=O)CN(c1ccc(Cl)cc1)S(=O)(=O)c1ccccc1. The monoisotopic (exact) mass is 569 g/mol. The zero-order valence-electron chi connectivity index (χ0n) is 23.0. The highest BCUT2D eigenvalue weighted by Gasteiger charge is 2.34. The molecule has 0 saturated carbocycles. The number of halogens is 1. The lowest BCUT2D eigenvalue weighted by Gasteiger charge is -2.35. The lowest BCUT2D eigenvalue weighted by atomic mass is 10.0. The van der Waals surface area contributed by atoms with Gasteiger partial charge in [0.25, 0.3) is 10.0 Å². The van der Waals surface area contributed by atoms with Crippen LogP contribution in [0.2, 0.25) is 5.02 Å². The Balaban J connectivity index is 2.07. The van der Waals surface area contributed by atoms with Crippen LogP contribution in [-0.4, -0.2) is 43.3 Å². The van der Waals surface area contributed by atoms with Gasteiger partial charge < -0.3 is 10.2 Å². The third kappa shape index (κ3) is 7.83. The Morgan fingerprint density at radius 2 is 1.51 bits per heavy atom. The van der Waals surface area contributed by atoms with E-state index in [4.69, 9.17) is 11.6 Å². The van der Waals surface area contributed by atoms with Crippen LogP contribution in [0, 0.1) is 6.92 Å². The number of amides is 2. The summed E-state index contributed by atoms with van der Waals surface area (Å²) >= 11 is 6.07. The first-order chi connectivity index (χ1) is 18.3. The van der Waals surface area contributed by atoms with Crippen molar-refractivity contribution in [2.45, 2.75) is 64.1 Å². The Hall–Kier alpha value is -3.36. The van der Waals surface area contributed by atoms with E-state index in [1.54, 1.807) is 42.5 Å². The standard InChI is InChI=1S/C30H36ClN3O4S/c1-6-27(29(36)32-30(3,4)5)33(20-23-13-11-10-12-22(23)2)28(35)21-34(25-18-16-24(31)17-19-25)39(37,38)26-14-8-7-9-15-26/h7-19,27H,6,20-21H2,1-5H3,(H,32,36)/t27-/m1/s1. The average molecular weight is 570 g/mol. The summed E-state index contributed by atoms with van der Waals surface area (Å²) in [5.74, 6) is -0.792. The smallest absolute Gasteiger partial charge is 0.264 e. The molecule has 3 rings (SSSR count). The van der Waals surface area contributed by atoms with Crippen LogP contribution in [0.1, 0.15) is 45.2 Å². The molecule has 0 aliphatic heterocycles. The summed E-state index contributed by atoms with van der Waals surface area (Å²) in [7, 11) is -4.12. The lowest BCUT2D eigenvalue weighted by molar-refractivity contribution is -0.141. The third-order valence-corrected chi connectivity index (χ3v) is 8.25. The second kappa shape index (κ2) is 12.7. The van der Waals surface area contributed by atoms with Gasteiger partial charge in [0.2, 0.25) is 11.8 Å². The van der Waals surface area contributed by atoms with E-state index in [1.165, 1.54) is 17.0 Å². The maximum atomic E-state index is 14.1. The Kier molecular flexibility index (Phi) is 9.80. The van der Waals surface area contributed by atoms with Gasteiger partial charge in [0.1, 0.15) is 12.6 Å². The van der Waals surface area contributed by atoms with Crippen LogP contribution in [0.3, 0.4) is 0 Å². The van der Waals surface area contributed by atoms with Crippen molar-refractivity contribution >= 4 is 39.1 Å². The van der Waals surface area contributed by atoms with Crippen LogP contribution in [0.25, 0.3) is 0 Å². The molecule has 0 spiro atoms. The van der Waals surface area contributed by atoms with Gasteiger partial charge in [-0.1, -0.05) is 61.0 Å². The number of benzene rings is 3. The van der Waals surface area contributed by atoms with E-state index in [0.717, 1.165) is 15.4 Å². The molecule has 3 aromatic carbocycles. The van der Waals surface area contributed by atoms with Crippen molar-refractivity contribution in [2.24, 2.45) is 0 Å². The predicted octanol–water partition coefficient (Wildman–Crippen LogP) is 5.57. The maximum absolute atomic E-state index is 14.1. The first-order valence-electron chi connectivity index (χ1n) is 12.8. The molecule has 1 N–H and O–H groups in total. The molecule has 1 atom stereocenters. The zero-order valence-corrected chi connectivity index (χ0v) is 24.6. The molecular weight excluding hydrogens is 534 g/mol. The number of rotatable bonds is 10. The molecule has 208 valence electrons. The molecule has 39 heavy (non-hydrogen) atoms. The van der Waals surface area contributed by atoms with Crippen molar-refractivity contribution in [2.75, 3.05) is 10.8 Å². The first-order valence-corrected chi connectivity index (χ1v) is 14.6. The summed E-state index contributed by atoms with van der Waals surface area (Å²) < 4.78 is 28.7. The fourth-order valence-corrected chi connectivity index (χ4v) is 5.76. The Labute approximate surface area is 236 Å². The zero-order chi connectivity index (χ0) is 28.8. The van der Waals surface area contributed by atoms with Gasteiger partial charge in [0, 0.05) is 17.1 Å². The molecule has 0 saturated heterocycles. The van der Waals surface area contributed by atoms with Crippen molar-refractivity contribution in [3.63, 3.8) is 0 Å². The number of nitrogens with one attached hydrogen (secondary N) is 1. The van der Waals surface area contributed by atoms with E-state index in [2.05, 4.69) is 5.32 Å². The van der Waals surface area contributed by atoms with Gasteiger partial charge in [-0.2, -0.15) is 0 Å². The topological polar surface area (TPSA) is 86.8 Å². The van der Waals surface area contributed by atoms with Gasteiger partial charge in [0.15, 0.2) is 0 Å². The number of nitrogens with zero attached hydrogens (tertiary/aromatic N) is 2. The largest absolute Gasteiger partial charge is 0.350 e. The number of hydrogen-bond donors (Lipinski definition) is 1. The minimum atomic E-state index is -4.12. The fourth-order valence-electron chi connectivity index (χ4n) is 4.20. The van der Waals surface area contributed by atoms with E-state index in [1.807, 2.05) is 58.9 Å². The molecule has 0 aliphatic carbocycles. The highest BCUT2D eigenvalue weighted by Crippen LogP contribution is 2.26. The fraction of sp³-hybridized carbons (Fsp3) is 0.333. The number of hydrogen-bond acceptors (Lipinski definition) is 4. The molecule has 9 heteroatoms. The molecule has 0 aromatic heterocycles. The second-order valence-electron chi connectivity index (χ2n) is 10.4. The normalized spacial score (nSPS) is 12.5. The molecule has 0 aliphatic rings. The lowest BCUT2D eigenvalue weighted by Crippen LogP contribution is -2.55. The van der Waals surface area contributed by atoms with E-state index in [0.29, 0.717) is 17.1 Å². The number of sulfonamides is 1. The van der Waals surface area contributed by atoms with Crippen LogP contribution < -0.4 is 9.62 Å². The first kappa shape index (κ1) is 30.2. The molecule has 0 bridgehead atoms. The number of carbonyl (C=O) groups excluding carboxylic acids is 2. The quantitative estimate of drug-likeness (QED) is 0.346. The van der Waals surface area contributed by atoms with Gasteiger partial charge in [0.05, 0.1) is 10.6 Å². The van der Waals surface area contributed by atoms with Crippen LogP contribution in [-0.2, 0) is 26.2 Å². The molecule has 0 unspecified atom stereocenters. The van der Waals surface area contributed by atoms with Crippen molar-refractivity contribution in [3.05, 3.63) is 95.0 Å². The number of aryl methyl sites for hydroxylation is 1. The summed E-state index contributed by atoms with van der Waals surface area (Å²) in [6, 6.07) is 21.0. The van der Waals surface area contributed by atoms with Gasteiger partial charge >= 0.3 is 0 Å². The van der Waals surface area contributed by atoms with Gasteiger partial charge in [-0.15, -0.1) is 0 Å². The highest BCUT2D eigenvalue weighted by molar-refractivity contribution is 7.92. The molecular formula is C30H36ClN3O4S. The maximum Gasteiger partial charge on any atom is 0.264 e. The summed E-state index contributed by atoms with van der Waals surface area (Å²) in [6.45, 7) is 9.06. The minimum absolute atomic E-state index is 0.0516. The summed E-state index contributed by atoms with van der Waals surface area (Å²) in [6.07, 6.45) is 0.353. The summed E-state index contributed by atoms with van der Waals surface area (Å²) in [5, 5.41) is 3.41. The summed E-state index contributed by atoms with van der Waals surface area (Å²) in [4.78, 5) is 29.0. The van der Waals surface area contributed by atoms with Crippen LogP contribution in [0.4, 0.5) is 5.69 Å². The van der Waals surface area contributed by atoms with Crippen molar-refractivity contribution in [1.29, 1.82) is 0 Å². The summed E-state index contributed by atoms with van der Waals surface area (Å²) in [5.41, 5.74) is 1.62. The van der Waals surface area contributed by atoms with Crippen LogP contribution in [0.15, 0.2) is 83.8 Å². The van der Waals surface area contributed by atoms with Crippen molar-refractivity contribution in [3.8, 4) is 0 Å². The van der Waals surface area contributed by atoms with Crippen molar-refractivity contribution < 1.29 is 18.0 Å². The second-order valence-corrected chi connectivity index (χ2v) is 12.7. The van der Waals surface area contributed by atoms with Crippen LogP contribution >= 0.6 is 11.6 Å². The molecule has 3 aromatic rings. The van der Waals surface area contributed by atoms with Gasteiger partial charge in [-0.3, -0.25) is 13.9 Å². The molecule has 0 radical (unpaired) electrons. The molecule has 2 amide bonds. The Morgan fingerprint density at radius 1 is 0.923 bits per heavy atom. The number of carbonyl (C=O) groups is 2. The molecule has 7 nitrogen and oxygen atoms in total. The van der Waals surface area contributed by atoms with E-state index >= 15 is 0 Å². The van der Waals surface area contributed by atoms with Gasteiger partial charge in [-0.25, -0.2) is 8.42 Å². The van der Waals surface area contributed by atoms with E-state index in [9.17, 15) is 18.0 Å². The van der Waals surface area contributed by atoms with Gasteiger partial charge in [-0.05, 0) is 81.6 Å². The van der Waals surface area contributed by atoms with Crippen molar-refractivity contribution in [1.82, 2.24) is 10.2 Å².